The number of fused-ring (bicyclic) bond motifs is 1. The number of hydrogen-bond donors (Lipinski definition) is 2. The van der Waals surface area contributed by atoms with E-state index in [0.717, 1.165) is 72.5 Å². The van der Waals surface area contributed by atoms with E-state index in [4.69, 9.17) is 15.6 Å². The standard InChI is InChI=1S/C18H26N4O2S/c1-11-15-10-16(17(23)20-13-4-2-12(19)3-5-13)25-18(15)22(21-11)14-6-8-24-9-7-14/h10,12-14H,2-9,19H2,1H3,(H,20,23). The summed E-state index contributed by atoms with van der Waals surface area (Å²) in [7, 11) is 0. The van der Waals surface area contributed by atoms with Gasteiger partial charge in [0, 0.05) is 30.7 Å². The van der Waals surface area contributed by atoms with Crippen LogP contribution in [0.15, 0.2) is 6.07 Å². The van der Waals surface area contributed by atoms with Crippen LogP contribution in [0.25, 0.3) is 10.2 Å². The minimum absolute atomic E-state index is 0.0413. The summed E-state index contributed by atoms with van der Waals surface area (Å²) >= 11 is 1.56. The summed E-state index contributed by atoms with van der Waals surface area (Å²) in [5, 5.41) is 9.02. The zero-order valence-corrected chi connectivity index (χ0v) is 15.5. The molecule has 3 heterocycles. The van der Waals surface area contributed by atoms with Crippen molar-refractivity contribution in [3.63, 3.8) is 0 Å². The van der Waals surface area contributed by atoms with Gasteiger partial charge in [-0.25, -0.2) is 0 Å². The molecule has 2 fully saturated rings. The second kappa shape index (κ2) is 7.05. The van der Waals surface area contributed by atoms with Crippen molar-refractivity contribution in [3.05, 3.63) is 16.6 Å². The normalized spacial score (nSPS) is 25.4. The Bertz CT molecular complexity index is 755. The minimum atomic E-state index is 0.0413. The van der Waals surface area contributed by atoms with Crippen LogP contribution in [0.4, 0.5) is 0 Å². The maximum absolute atomic E-state index is 12.7. The van der Waals surface area contributed by atoms with Gasteiger partial charge < -0.3 is 15.8 Å². The van der Waals surface area contributed by atoms with E-state index >= 15 is 0 Å². The third-order valence-electron chi connectivity index (χ3n) is 5.44. The first-order valence-corrected chi connectivity index (χ1v) is 10.1. The molecule has 0 radical (unpaired) electrons. The minimum Gasteiger partial charge on any atom is -0.381 e. The molecular weight excluding hydrogens is 336 g/mol. The van der Waals surface area contributed by atoms with E-state index in [0.29, 0.717) is 12.1 Å². The molecule has 1 saturated carbocycles. The van der Waals surface area contributed by atoms with Crippen molar-refractivity contribution in [2.24, 2.45) is 5.73 Å². The molecule has 2 aromatic rings. The van der Waals surface area contributed by atoms with Gasteiger partial charge in [0.1, 0.15) is 4.83 Å². The fraction of sp³-hybridized carbons (Fsp3) is 0.667. The van der Waals surface area contributed by atoms with Crippen LogP contribution in [0.3, 0.4) is 0 Å². The lowest BCUT2D eigenvalue weighted by molar-refractivity contribution is 0.0675. The second-order valence-electron chi connectivity index (χ2n) is 7.29. The lowest BCUT2D eigenvalue weighted by Crippen LogP contribution is -2.40. The Morgan fingerprint density at radius 1 is 1.28 bits per heavy atom. The molecule has 136 valence electrons. The van der Waals surface area contributed by atoms with E-state index in [-0.39, 0.29) is 11.9 Å². The number of aromatic nitrogens is 2. The summed E-state index contributed by atoms with van der Waals surface area (Å²) in [6.07, 6.45) is 5.92. The van der Waals surface area contributed by atoms with E-state index in [9.17, 15) is 4.79 Å². The zero-order chi connectivity index (χ0) is 17.4. The lowest BCUT2D eigenvalue weighted by Gasteiger charge is -2.26. The molecule has 7 heteroatoms. The second-order valence-corrected chi connectivity index (χ2v) is 8.32. The summed E-state index contributed by atoms with van der Waals surface area (Å²) in [5.41, 5.74) is 6.95. The molecule has 25 heavy (non-hydrogen) atoms. The quantitative estimate of drug-likeness (QED) is 0.879. The topological polar surface area (TPSA) is 82.2 Å². The highest BCUT2D eigenvalue weighted by Crippen LogP contribution is 2.33. The summed E-state index contributed by atoms with van der Waals surface area (Å²) < 4.78 is 7.58. The number of ether oxygens (including phenoxy) is 1. The Hall–Kier alpha value is -1.44. The van der Waals surface area contributed by atoms with Crippen LogP contribution in [0.1, 0.15) is 59.9 Å². The monoisotopic (exact) mass is 362 g/mol. The van der Waals surface area contributed by atoms with E-state index in [2.05, 4.69) is 10.00 Å². The fourth-order valence-electron chi connectivity index (χ4n) is 3.88. The van der Waals surface area contributed by atoms with Gasteiger partial charge >= 0.3 is 0 Å². The van der Waals surface area contributed by atoms with Gasteiger partial charge in [0.25, 0.3) is 5.91 Å². The lowest BCUT2D eigenvalue weighted by atomic mass is 9.92. The van der Waals surface area contributed by atoms with Crippen molar-refractivity contribution in [2.75, 3.05) is 13.2 Å². The summed E-state index contributed by atoms with van der Waals surface area (Å²) in [5.74, 6) is 0.0413. The molecule has 2 aromatic heterocycles. The van der Waals surface area contributed by atoms with E-state index in [1.807, 2.05) is 13.0 Å². The number of nitrogens with two attached hydrogens (primary N) is 1. The Balaban J connectivity index is 1.53. The molecule has 0 bridgehead atoms. The summed E-state index contributed by atoms with van der Waals surface area (Å²) in [6, 6.07) is 2.93. The highest BCUT2D eigenvalue weighted by atomic mass is 32.1. The van der Waals surface area contributed by atoms with Crippen molar-refractivity contribution < 1.29 is 9.53 Å². The van der Waals surface area contributed by atoms with Crippen molar-refractivity contribution in [1.82, 2.24) is 15.1 Å². The molecule has 3 N–H and O–H groups in total. The van der Waals surface area contributed by atoms with Crippen LogP contribution in [0.5, 0.6) is 0 Å². The molecular formula is C18H26N4O2S. The molecule has 1 saturated heterocycles. The van der Waals surface area contributed by atoms with Crippen LogP contribution in [-0.4, -0.2) is 41.0 Å². The van der Waals surface area contributed by atoms with E-state index in [1.54, 1.807) is 11.3 Å². The third-order valence-corrected chi connectivity index (χ3v) is 6.56. The highest BCUT2D eigenvalue weighted by Gasteiger charge is 2.25. The molecule has 0 spiro atoms. The number of amides is 1. The zero-order valence-electron chi connectivity index (χ0n) is 14.7. The molecule has 4 rings (SSSR count). The van der Waals surface area contributed by atoms with Gasteiger partial charge in [-0.3, -0.25) is 9.48 Å². The predicted octanol–water partition coefficient (Wildman–Crippen LogP) is 2.76. The molecule has 1 aliphatic heterocycles. The average molecular weight is 362 g/mol. The Morgan fingerprint density at radius 2 is 2.00 bits per heavy atom. The van der Waals surface area contributed by atoms with Crippen molar-refractivity contribution in [1.29, 1.82) is 0 Å². The first-order chi connectivity index (χ1) is 12.1. The Morgan fingerprint density at radius 3 is 2.72 bits per heavy atom. The summed E-state index contributed by atoms with van der Waals surface area (Å²) in [6.45, 7) is 3.59. The van der Waals surface area contributed by atoms with Gasteiger partial charge in [-0.2, -0.15) is 5.10 Å². The molecule has 1 aliphatic carbocycles. The number of hydrogen-bond acceptors (Lipinski definition) is 5. The van der Waals surface area contributed by atoms with Crippen molar-refractivity contribution in [2.45, 2.75) is 63.6 Å². The first-order valence-electron chi connectivity index (χ1n) is 9.24. The average Bonchev–Trinajstić information content (AvgIpc) is 3.19. The maximum atomic E-state index is 12.7. The number of thiophene rings is 1. The molecule has 1 amide bonds. The molecule has 0 aromatic carbocycles. The smallest absolute Gasteiger partial charge is 0.261 e. The van der Waals surface area contributed by atoms with Crippen LogP contribution < -0.4 is 11.1 Å². The van der Waals surface area contributed by atoms with Crippen LogP contribution >= 0.6 is 11.3 Å². The Kier molecular flexibility index (Phi) is 4.80. The van der Waals surface area contributed by atoms with Crippen LogP contribution in [0, 0.1) is 6.92 Å². The fourth-order valence-corrected chi connectivity index (χ4v) is 5.02. The molecule has 6 nitrogen and oxygen atoms in total. The van der Waals surface area contributed by atoms with Crippen molar-refractivity contribution in [3.8, 4) is 0 Å². The van der Waals surface area contributed by atoms with Gasteiger partial charge in [-0.15, -0.1) is 11.3 Å². The number of carbonyl (C=O) groups is 1. The number of nitrogens with one attached hydrogen (secondary N) is 1. The predicted molar refractivity (Wildman–Crippen MR) is 99.1 cm³/mol. The van der Waals surface area contributed by atoms with Gasteiger partial charge in [-0.1, -0.05) is 0 Å². The first kappa shape index (κ1) is 17.0. The largest absolute Gasteiger partial charge is 0.381 e. The Labute approximate surface area is 151 Å². The number of rotatable bonds is 3. The van der Waals surface area contributed by atoms with Gasteiger partial charge in [0.2, 0.25) is 0 Å². The van der Waals surface area contributed by atoms with Crippen LogP contribution in [0.2, 0.25) is 0 Å². The highest BCUT2D eigenvalue weighted by molar-refractivity contribution is 7.20. The maximum Gasteiger partial charge on any atom is 0.261 e. The third kappa shape index (κ3) is 3.45. The van der Waals surface area contributed by atoms with Gasteiger partial charge in [-0.05, 0) is 51.5 Å². The van der Waals surface area contributed by atoms with Gasteiger partial charge in [0.15, 0.2) is 0 Å². The van der Waals surface area contributed by atoms with E-state index in [1.165, 1.54) is 0 Å². The molecule has 0 atom stereocenters. The molecule has 0 unspecified atom stereocenters. The number of nitrogens with zero attached hydrogens (tertiary/aromatic N) is 2. The van der Waals surface area contributed by atoms with Crippen molar-refractivity contribution >= 4 is 27.5 Å². The van der Waals surface area contributed by atoms with E-state index < -0.39 is 0 Å². The SMILES string of the molecule is Cc1nn(C2CCOCC2)c2sc(C(=O)NC3CCC(N)CC3)cc12. The van der Waals surface area contributed by atoms with Crippen LogP contribution in [-0.2, 0) is 4.74 Å². The molecule has 2 aliphatic rings. The number of carbonyl (C=O) groups excluding carboxylic acids is 1. The summed E-state index contributed by atoms with van der Waals surface area (Å²) in [4.78, 5) is 14.6. The van der Waals surface area contributed by atoms with Gasteiger partial charge in [0.05, 0.1) is 16.6 Å². The number of aryl methyl sites for hydroxylation is 1.